The van der Waals surface area contributed by atoms with Gasteiger partial charge < -0.3 is 16.4 Å². The molecule has 0 atom stereocenters. The van der Waals surface area contributed by atoms with Crippen molar-refractivity contribution in [3.8, 4) is 0 Å². The van der Waals surface area contributed by atoms with Crippen LogP contribution in [0.5, 0.6) is 0 Å². The van der Waals surface area contributed by atoms with Gasteiger partial charge in [0, 0.05) is 24.0 Å². The third-order valence-corrected chi connectivity index (χ3v) is 2.53. The van der Waals surface area contributed by atoms with Gasteiger partial charge in [0.1, 0.15) is 0 Å². The Labute approximate surface area is 96.2 Å². The fourth-order valence-corrected chi connectivity index (χ4v) is 1.67. The molecule has 88 valence electrons. The Morgan fingerprint density at radius 3 is 2.44 bits per heavy atom. The van der Waals surface area contributed by atoms with E-state index in [2.05, 4.69) is 0 Å². The second-order valence-electron chi connectivity index (χ2n) is 4.03. The quantitative estimate of drug-likeness (QED) is 0.763. The van der Waals surface area contributed by atoms with Crippen molar-refractivity contribution in [2.24, 2.45) is 0 Å². The van der Waals surface area contributed by atoms with E-state index in [1.807, 2.05) is 20.8 Å². The summed E-state index contributed by atoms with van der Waals surface area (Å²) in [4.78, 5) is 13.9. The average molecular weight is 221 g/mol. The predicted octanol–water partition coefficient (Wildman–Crippen LogP) is 1.72. The summed E-state index contributed by atoms with van der Waals surface area (Å²) in [5.41, 5.74) is 12.9. The van der Waals surface area contributed by atoms with Crippen LogP contribution in [0.25, 0.3) is 0 Å². The average Bonchev–Trinajstić information content (AvgIpc) is 2.17. The first-order valence-electron chi connectivity index (χ1n) is 5.43. The van der Waals surface area contributed by atoms with Crippen molar-refractivity contribution in [1.29, 1.82) is 0 Å². The van der Waals surface area contributed by atoms with Crippen LogP contribution in [0.4, 0.5) is 11.4 Å². The minimum absolute atomic E-state index is 0.0463. The molecule has 1 rings (SSSR count). The molecular formula is C12H19N3O. The molecule has 0 fully saturated rings. The Morgan fingerprint density at radius 1 is 1.38 bits per heavy atom. The van der Waals surface area contributed by atoms with E-state index in [9.17, 15) is 4.79 Å². The van der Waals surface area contributed by atoms with Crippen LogP contribution >= 0.6 is 0 Å². The van der Waals surface area contributed by atoms with Crippen molar-refractivity contribution in [3.63, 3.8) is 0 Å². The van der Waals surface area contributed by atoms with E-state index < -0.39 is 0 Å². The van der Waals surface area contributed by atoms with Crippen LogP contribution in [-0.2, 0) is 0 Å². The zero-order chi connectivity index (χ0) is 12.3. The summed E-state index contributed by atoms with van der Waals surface area (Å²) in [6.45, 7) is 6.58. The molecule has 1 aromatic rings. The minimum Gasteiger partial charge on any atom is -0.399 e. The van der Waals surface area contributed by atoms with Crippen LogP contribution in [0.2, 0.25) is 0 Å². The third-order valence-electron chi connectivity index (χ3n) is 2.53. The molecule has 0 aromatic heterocycles. The van der Waals surface area contributed by atoms with Gasteiger partial charge in [-0.1, -0.05) is 0 Å². The Morgan fingerprint density at radius 2 is 2.00 bits per heavy atom. The van der Waals surface area contributed by atoms with E-state index in [-0.39, 0.29) is 11.9 Å². The molecule has 16 heavy (non-hydrogen) atoms. The Hall–Kier alpha value is -1.71. The predicted molar refractivity (Wildman–Crippen MR) is 67.1 cm³/mol. The normalized spacial score (nSPS) is 10.5. The van der Waals surface area contributed by atoms with Gasteiger partial charge in [-0.2, -0.15) is 0 Å². The van der Waals surface area contributed by atoms with Crippen LogP contribution in [-0.4, -0.2) is 23.4 Å². The lowest BCUT2D eigenvalue weighted by molar-refractivity contribution is 0.0718. The highest BCUT2D eigenvalue weighted by atomic mass is 16.2. The largest absolute Gasteiger partial charge is 0.399 e. The highest BCUT2D eigenvalue weighted by Crippen LogP contribution is 2.18. The molecule has 4 N–H and O–H groups in total. The number of hydrogen-bond donors (Lipinski definition) is 2. The maximum atomic E-state index is 12.2. The highest BCUT2D eigenvalue weighted by molar-refractivity contribution is 5.99. The molecule has 0 saturated heterocycles. The molecule has 4 nitrogen and oxygen atoms in total. The number of anilines is 2. The molecule has 0 unspecified atom stereocenters. The van der Waals surface area contributed by atoms with Crippen LogP contribution in [0.1, 0.15) is 31.1 Å². The van der Waals surface area contributed by atoms with Crippen LogP contribution in [0.15, 0.2) is 18.2 Å². The summed E-state index contributed by atoms with van der Waals surface area (Å²) >= 11 is 0. The molecule has 0 aliphatic heterocycles. The molecule has 0 heterocycles. The van der Waals surface area contributed by atoms with Gasteiger partial charge in [0.05, 0.1) is 5.56 Å². The summed E-state index contributed by atoms with van der Waals surface area (Å²) in [6, 6.07) is 5.14. The summed E-state index contributed by atoms with van der Waals surface area (Å²) in [5, 5.41) is 0. The zero-order valence-corrected chi connectivity index (χ0v) is 10.0. The van der Waals surface area contributed by atoms with Crippen molar-refractivity contribution in [2.45, 2.75) is 26.8 Å². The number of benzene rings is 1. The number of nitrogens with zero attached hydrogens (tertiary/aromatic N) is 1. The number of nitrogens with two attached hydrogens (primary N) is 2. The molecule has 0 spiro atoms. The molecule has 0 aliphatic carbocycles. The molecule has 0 aliphatic rings. The van der Waals surface area contributed by atoms with Crippen molar-refractivity contribution < 1.29 is 4.79 Å². The molecule has 0 saturated carbocycles. The summed E-state index contributed by atoms with van der Waals surface area (Å²) in [6.07, 6.45) is 0. The van der Waals surface area contributed by atoms with E-state index in [1.54, 1.807) is 23.1 Å². The summed E-state index contributed by atoms with van der Waals surface area (Å²) in [5.74, 6) is -0.0463. The first kappa shape index (κ1) is 12.4. The second kappa shape index (κ2) is 4.88. The van der Waals surface area contributed by atoms with Crippen LogP contribution in [0, 0.1) is 0 Å². The Balaban J connectivity index is 3.04. The van der Waals surface area contributed by atoms with Crippen molar-refractivity contribution in [3.05, 3.63) is 23.8 Å². The van der Waals surface area contributed by atoms with Gasteiger partial charge >= 0.3 is 0 Å². The SMILES string of the molecule is CCN(C(=O)c1ccc(N)cc1N)C(C)C. The number of carbonyl (C=O) groups excluding carboxylic acids is 1. The van der Waals surface area contributed by atoms with Crippen LogP contribution < -0.4 is 11.5 Å². The topological polar surface area (TPSA) is 72.3 Å². The van der Waals surface area contributed by atoms with E-state index >= 15 is 0 Å². The number of amides is 1. The Kier molecular flexibility index (Phi) is 3.77. The standard InChI is InChI=1S/C12H19N3O/c1-4-15(8(2)3)12(16)10-6-5-9(13)7-11(10)14/h5-8H,4,13-14H2,1-3H3. The molecular weight excluding hydrogens is 202 g/mol. The van der Waals surface area contributed by atoms with Gasteiger partial charge in [0.2, 0.25) is 0 Å². The Bertz CT molecular complexity index is 388. The van der Waals surface area contributed by atoms with Gasteiger partial charge in [-0.05, 0) is 39.0 Å². The fraction of sp³-hybridized carbons (Fsp3) is 0.417. The number of nitrogen functional groups attached to an aromatic ring is 2. The van der Waals surface area contributed by atoms with Crippen molar-refractivity contribution in [1.82, 2.24) is 4.90 Å². The molecule has 0 bridgehead atoms. The van der Waals surface area contributed by atoms with Crippen molar-refractivity contribution in [2.75, 3.05) is 18.0 Å². The van der Waals surface area contributed by atoms with E-state index in [0.29, 0.717) is 23.5 Å². The maximum absolute atomic E-state index is 12.2. The highest BCUT2D eigenvalue weighted by Gasteiger charge is 2.18. The molecule has 4 heteroatoms. The number of carbonyl (C=O) groups is 1. The number of hydrogen-bond acceptors (Lipinski definition) is 3. The first-order valence-corrected chi connectivity index (χ1v) is 5.43. The van der Waals surface area contributed by atoms with Gasteiger partial charge in [0.15, 0.2) is 0 Å². The van der Waals surface area contributed by atoms with Crippen molar-refractivity contribution >= 4 is 17.3 Å². The van der Waals surface area contributed by atoms with E-state index in [0.717, 1.165) is 0 Å². The molecule has 1 aromatic carbocycles. The van der Waals surface area contributed by atoms with Crippen LogP contribution in [0.3, 0.4) is 0 Å². The molecule has 1 amide bonds. The zero-order valence-electron chi connectivity index (χ0n) is 10.0. The van der Waals surface area contributed by atoms with E-state index in [1.165, 1.54) is 0 Å². The van der Waals surface area contributed by atoms with Gasteiger partial charge in [0.25, 0.3) is 5.91 Å². The molecule has 0 radical (unpaired) electrons. The summed E-state index contributed by atoms with van der Waals surface area (Å²) in [7, 11) is 0. The minimum atomic E-state index is -0.0463. The maximum Gasteiger partial charge on any atom is 0.256 e. The van der Waals surface area contributed by atoms with Gasteiger partial charge in [-0.15, -0.1) is 0 Å². The second-order valence-corrected chi connectivity index (χ2v) is 4.03. The van der Waals surface area contributed by atoms with Gasteiger partial charge in [-0.25, -0.2) is 0 Å². The lowest BCUT2D eigenvalue weighted by Gasteiger charge is -2.25. The monoisotopic (exact) mass is 221 g/mol. The fourth-order valence-electron chi connectivity index (χ4n) is 1.67. The number of rotatable bonds is 3. The van der Waals surface area contributed by atoms with Gasteiger partial charge in [-0.3, -0.25) is 4.79 Å². The van der Waals surface area contributed by atoms with E-state index in [4.69, 9.17) is 11.5 Å². The third kappa shape index (κ3) is 2.45. The first-order chi connectivity index (χ1) is 7.47. The lowest BCUT2D eigenvalue weighted by Crippen LogP contribution is -2.37. The summed E-state index contributed by atoms with van der Waals surface area (Å²) < 4.78 is 0. The lowest BCUT2D eigenvalue weighted by atomic mass is 10.1. The smallest absolute Gasteiger partial charge is 0.256 e.